The van der Waals surface area contributed by atoms with Crippen molar-refractivity contribution in [3.63, 3.8) is 0 Å². The van der Waals surface area contributed by atoms with Crippen LogP contribution in [0.3, 0.4) is 0 Å². The number of phenolic OH excluding ortho intramolecular Hbond substituents is 1. The highest BCUT2D eigenvalue weighted by molar-refractivity contribution is 9.10. The van der Waals surface area contributed by atoms with Crippen LogP contribution in [0.25, 0.3) is 0 Å². The number of nitrogen functional groups attached to an aromatic ring is 1. The molecule has 4 heteroatoms. The molecule has 0 spiro atoms. The minimum absolute atomic E-state index is 0.147. The maximum absolute atomic E-state index is 10.9. The molecule has 0 aliphatic rings. The summed E-state index contributed by atoms with van der Waals surface area (Å²) >= 11 is 3.17. The molecule has 0 aliphatic carbocycles. The SMILES string of the molecule is CC(=O)c1cc(Br)cc(N)c1O. The standard InChI is InChI=1S/C8H8BrNO2/c1-4(11)6-2-5(9)3-7(10)8(6)12/h2-3,12H,10H2,1H3. The van der Waals surface area contributed by atoms with Crippen LogP contribution in [0.4, 0.5) is 5.69 Å². The van der Waals surface area contributed by atoms with Gasteiger partial charge in [-0.25, -0.2) is 0 Å². The Morgan fingerprint density at radius 2 is 2.17 bits per heavy atom. The number of anilines is 1. The molecule has 0 atom stereocenters. The van der Waals surface area contributed by atoms with E-state index in [1.165, 1.54) is 13.0 Å². The van der Waals surface area contributed by atoms with E-state index in [4.69, 9.17) is 5.73 Å². The molecule has 0 heterocycles. The number of ketones is 1. The fraction of sp³-hybridized carbons (Fsp3) is 0.125. The van der Waals surface area contributed by atoms with Gasteiger partial charge < -0.3 is 10.8 Å². The monoisotopic (exact) mass is 229 g/mol. The first kappa shape index (κ1) is 9.06. The van der Waals surface area contributed by atoms with Gasteiger partial charge in [-0.05, 0) is 19.1 Å². The van der Waals surface area contributed by atoms with Gasteiger partial charge in [0.25, 0.3) is 0 Å². The molecule has 0 unspecified atom stereocenters. The average Bonchev–Trinajstić information content (AvgIpc) is 1.96. The fourth-order valence-corrected chi connectivity index (χ4v) is 1.36. The van der Waals surface area contributed by atoms with Crippen molar-refractivity contribution in [2.24, 2.45) is 0 Å². The molecule has 0 aliphatic heterocycles. The molecule has 0 aromatic heterocycles. The second kappa shape index (κ2) is 3.15. The van der Waals surface area contributed by atoms with Gasteiger partial charge in [-0.15, -0.1) is 0 Å². The molecule has 64 valence electrons. The van der Waals surface area contributed by atoms with Gasteiger partial charge in [-0.1, -0.05) is 15.9 Å². The lowest BCUT2D eigenvalue weighted by Gasteiger charge is -2.04. The Labute approximate surface area is 78.3 Å². The number of hydrogen-bond donors (Lipinski definition) is 2. The number of phenols is 1. The highest BCUT2D eigenvalue weighted by atomic mass is 79.9. The summed E-state index contributed by atoms with van der Waals surface area (Å²) in [5, 5.41) is 9.33. The minimum Gasteiger partial charge on any atom is -0.505 e. The Morgan fingerprint density at radius 3 is 2.67 bits per heavy atom. The van der Waals surface area contributed by atoms with Crippen LogP contribution in [0.1, 0.15) is 17.3 Å². The summed E-state index contributed by atoms with van der Waals surface area (Å²) in [7, 11) is 0. The third-order valence-electron chi connectivity index (χ3n) is 1.48. The molecule has 3 N–H and O–H groups in total. The van der Waals surface area contributed by atoms with E-state index in [0.29, 0.717) is 4.47 Å². The number of carbonyl (C=O) groups excluding carboxylic acids is 1. The highest BCUT2D eigenvalue weighted by Gasteiger charge is 2.09. The Kier molecular flexibility index (Phi) is 2.38. The number of carbonyl (C=O) groups is 1. The summed E-state index contributed by atoms with van der Waals surface area (Å²) < 4.78 is 0.683. The Hall–Kier alpha value is -1.03. The molecule has 3 nitrogen and oxygen atoms in total. The molecule has 0 saturated heterocycles. The summed E-state index contributed by atoms with van der Waals surface area (Å²) in [4.78, 5) is 10.9. The van der Waals surface area contributed by atoms with Gasteiger partial charge >= 0.3 is 0 Å². The van der Waals surface area contributed by atoms with Crippen molar-refractivity contribution in [1.29, 1.82) is 0 Å². The molecule has 0 bridgehead atoms. The Balaban J connectivity index is 3.37. The molecular formula is C8H8BrNO2. The summed E-state index contributed by atoms with van der Waals surface area (Å²) in [6.45, 7) is 1.38. The molecule has 0 amide bonds. The van der Waals surface area contributed by atoms with Crippen LogP contribution < -0.4 is 5.73 Å². The van der Waals surface area contributed by atoms with E-state index in [1.54, 1.807) is 6.07 Å². The van der Waals surface area contributed by atoms with Gasteiger partial charge in [0.15, 0.2) is 5.78 Å². The van der Waals surface area contributed by atoms with Crippen LogP contribution in [0, 0.1) is 0 Å². The van der Waals surface area contributed by atoms with E-state index in [-0.39, 0.29) is 22.8 Å². The predicted octanol–water partition coefficient (Wildman–Crippen LogP) is 1.94. The van der Waals surface area contributed by atoms with E-state index in [1.807, 2.05) is 0 Å². The molecule has 12 heavy (non-hydrogen) atoms. The highest BCUT2D eigenvalue weighted by Crippen LogP contribution is 2.29. The molecule has 0 fully saturated rings. The summed E-state index contributed by atoms with van der Waals surface area (Å²) in [5.74, 6) is -0.355. The maximum Gasteiger partial charge on any atom is 0.163 e. The van der Waals surface area contributed by atoms with Gasteiger partial charge in [-0.2, -0.15) is 0 Å². The zero-order chi connectivity index (χ0) is 9.30. The third-order valence-corrected chi connectivity index (χ3v) is 1.94. The molecule has 0 radical (unpaired) electrons. The minimum atomic E-state index is -0.208. The second-order valence-electron chi connectivity index (χ2n) is 2.45. The van der Waals surface area contributed by atoms with Gasteiger partial charge in [0.1, 0.15) is 5.75 Å². The number of aromatic hydroxyl groups is 1. The summed E-state index contributed by atoms with van der Waals surface area (Å²) in [6, 6.07) is 3.08. The van der Waals surface area contributed by atoms with Crippen molar-refractivity contribution in [3.05, 3.63) is 22.2 Å². The van der Waals surface area contributed by atoms with Crippen molar-refractivity contribution in [3.8, 4) is 5.75 Å². The van der Waals surface area contributed by atoms with E-state index in [2.05, 4.69) is 15.9 Å². The quantitative estimate of drug-likeness (QED) is 0.440. The zero-order valence-corrected chi connectivity index (χ0v) is 8.05. The topological polar surface area (TPSA) is 63.3 Å². The summed E-state index contributed by atoms with van der Waals surface area (Å²) in [5.41, 5.74) is 5.87. The fourth-order valence-electron chi connectivity index (χ4n) is 0.889. The van der Waals surface area contributed by atoms with Gasteiger partial charge in [-0.3, -0.25) is 4.79 Å². The van der Waals surface area contributed by atoms with Crippen molar-refractivity contribution < 1.29 is 9.90 Å². The van der Waals surface area contributed by atoms with E-state index in [0.717, 1.165) is 0 Å². The zero-order valence-electron chi connectivity index (χ0n) is 6.47. The first-order valence-electron chi connectivity index (χ1n) is 3.31. The second-order valence-corrected chi connectivity index (χ2v) is 3.36. The molecule has 0 saturated carbocycles. The van der Waals surface area contributed by atoms with Crippen LogP contribution in [0.5, 0.6) is 5.75 Å². The van der Waals surface area contributed by atoms with E-state index >= 15 is 0 Å². The third kappa shape index (κ3) is 1.58. The van der Waals surface area contributed by atoms with Crippen molar-refractivity contribution in [2.75, 3.05) is 5.73 Å². The molecular weight excluding hydrogens is 222 g/mol. The number of benzene rings is 1. The average molecular weight is 230 g/mol. The van der Waals surface area contributed by atoms with Gasteiger partial charge in [0.05, 0.1) is 11.3 Å². The van der Waals surface area contributed by atoms with Gasteiger partial charge in [0, 0.05) is 4.47 Å². The smallest absolute Gasteiger partial charge is 0.163 e. The Morgan fingerprint density at radius 1 is 1.58 bits per heavy atom. The van der Waals surface area contributed by atoms with Crippen LogP contribution in [0.15, 0.2) is 16.6 Å². The lowest BCUT2D eigenvalue weighted by Crippen LogP contribution is -1.96. The Bertz CT molecular complexity index is 336. The number of rotatable bonds is 1. The van der Waals surface area contributed by atoms with E-state index in [9.17, 15) is 9.90 Å². The lowest BCUT2D eigenvalue weighted by atomic mass is 10.1. The van der Waals surface area contributed by atoms with Crippen LogP contribution >= 0.6 is 15.9 Å². The van der Waals surface area contributed by atoms with Crippen LogP contribution in [-0.4, -0.2) is 10.9 Å². The summed E-state index contributed by atoms with van der Waals surface area (Å²) in [6.07, 6.45) is 0. The van der Waals surface area contributed by atoms with E-state index < -0.39 is 0 Å². The lowest BCUT2D eigenvalue weighted by molar-refractivity contribution is 0.101. The van der Waals surface area contributed by atoms with Crippen molar-refractivity contribution in [1.82, 2.24) is 0 Å². The van der Waals surface area contributed by atoms with Crippen LogP contribution in [-0.2, 0) is 0 Å². The molecule has 1 aromatic rings. The number of halogens is 1. The maximum atomic E-state index is 10.9. The van der Waals surface area contributed by atoms with Gasteiger partial charge in [0.2, 0.25) is 0 Å². The molecule has 1 aromatic carbocycles. The molecule has 1 rings (SSSR count). The van der Waals surface area contributed by atoms with Crippen LogP contribution in [0.2, 0.25) is 0 Å². The first-order chi connectivity index (χ1) is 5.52. The number of Topliss-reactive ketones (excluding diaryl/α,β-unsaturated/α-hetero) is 1. The number of nitrogens with two attached hydrogens (primary N) is 1. The normalized spacial score (nSPS) is 9.83. The number of hydrogen-bond acceptors (Lipinski definition) is 3. The predicted molar refractivity (Wildman–Crippen MR) is 50.2 cm³/mol. The van der Waals surface area contributed by atoms with Crippen molar-refractivity contribution >= 4 is 27.4 Å². The van der Waals surface area contributed by atoms with Crippen molar-refractivity contribution in [2.45, 2.75) is 6.92 Å². The first-order valence-corrected chi connectivity index (χ1v) is 4.10. The largest absolute Gasteiger partial charge is 0.505 e.